The minimum absolute atomic E-state index is 0.499. The van der Waals surface area contributed by atoms with Gasteiger partial charge in [0.2, 0.25) is 0 Å². The van der Waals surface area contributed by atoms with Crippen molar-refractivity contribution in [3.05, 3.63) is 24.8 Å². The fourth-order valence-corrected chi connectivity index (χ4v) is 1.71. The molecule has 0 amide bonds. The third-order valence-electron chi connectivity index (χ3n) is 2.45. The van der Waals surface area contributed by atoms with E-state index in [-0.39, 0.29) is 0 Å². The van der Waals surface area contributed by atoms with Crippen LogP contribution in [-0.2, 0) is 0 Å². The van der Waals surface area contributed by atoms with Gasteiger partial charge in [0.25, 0.3) is 0 Å². The van der Waals surface area contributed by atoms with Crippen molar-refractivity contribution >= 4 is 0 Å². The summed E-state index contributed by atoms with van der Waals surface area (Å²) < 4.78 is 0. The summed E-state index contributed by atoms with van der Waals surface area (Å²) in [6.07, 6.45) is 12.1. The summed E-state index contributed by atoms with van der Waals surface area (Å²) in [4.78, 5) is 0. The van der Waals surface area contributed by atoms with Gasteiger partial charge in [0.15, 0.2) is 0 Å². The van der Waals surface area contributed by atoms with Crippen LogP contribution in [0.5, 0.6) is 0 Å². The maximum atomic E-state index is 9.98. The highest BCUT2D eigenvalue weighted by Gasteiger charge is 2.25. The van der Waals surface area contributed by atoms with Crippen LogP contribution in [-0.4, -0.2) is 10.7 Å². The Morgan fingerprint density at radius 2 is 1.92 bits per heavy atom. The maximum absolute atomic E-state index is 9.98. The standard InChI is InChI=1S/C11H18O/c1-2-3-5-8-11(12)9-6-4-7-10-11/h2,5,8,12H,1,3-4,6-7,9-10H2/b8-5+. The summed E-state index contributed by atoms with van der Waals surface area (Å²) in [5.74, 6) is 0. The molecule has 1 heteroatoms. The van der Waals surface area contributed by atoms with Gasteiger partial charge < -0.3 is 5.11 Å². The van der Waals surface area contributed by atoms with E-state index in [0.29, 0.717) is 0 Å². The molecular formula is C11H18O. The number of hydrogen-bond donors (Lipinski definition) is 1. The minimum Gasteiger partial charge on any atom is -0.386 e. The Morgan fingerprint density at radius 3 is 2.50 bits per heavy atom. The predicted molar refractivity (Wildman–Crippen MR) is 52.0 cm³/mol. The lowest BCUT2D eigenvalue weighted by Gasteiger charge is -2.28. The fourth-order valence-electron chi connectivity index (χ4n) is 1.71. The van der Waals surface area contributed by atoms with Gasteiger partial charge in [0.05, 0.1) is 5.60 Å². The Balaban J connectivity index is 2.40. The van der Waals surface area contributed by atoms with Gasteiger partial charge in [0, 0.05) is 0 Å². The first-order valence-electron chi connectivity index (χ1n) is 4.78. The van der Waals surface area contributed by atoms with Crippen molar-refractivity contribution in [1.29, 1.82) is 0 Å². The molecule has 0 atom stereocenters. The summed E-state index contributed by atoms with van der Waals surface area (Å²) in [6, 6.07) is 0. The van der Waals surface area contributed by atoms with E-state index in [1.165, 1.54) is 6.42 Å². The van der Waals surface area contributed by atoms with Crippen LogP contribution in [0, 0.1) is 0 Å². The summed E-state index contributed by atoms with van der Waals surface area (Å²) >= 11 is 0. The molecule has 12 heavy (non-hydrogen) atoms. The van der Waals surface area contributed by atoms with Crippen LogP contribution in [0.2, 0.25) is 0 Å². The minimum atomic E-state index is -0.499. The van der Waals surface area contributed by atoms with Crippen molar-refractivity contribution in [3.63, 3.8) is 0 Å². The molecule has 1 N–H and O–H groups in total. The first kappa shape index (κ1) is 9.53. The lowest BCUT2D eigenvalue weighted by molar-refractivity contribution is 0.0511. The molecule has 0 heterocycles. The van der Waals surface area contributed by atoms with Crippen molar-refractivity contribution < 1.29 is 5.11 Å². The van der Waals surface area contributed by atoms with Crippen molar-refractivity contribution in [2.24, 2.45) is 0 Å². The highest BCUT2D eigenvalue weighted by atomic mass is 16.3. The Bertz CT molecular complexity index is 164. The van der Waals surface area contributed by atoms with E-state index >= 15 is 0 Å². The van der Waals surface area contributed by atoms with Crippen LogP contribution in [0.3, 0.4) is 0 Å². The summed E-state index contributed by atoms with van der Waals surface area (Å²) in [7, 11) is 0. The molecule has 1 rings (SSSR count). The van der Waals surface area contributed by atoms with Crippen LogP contribution in [0.4, 0.5) is 0 Å². The smallest absolute Gasteiger partial charge is 0.0827 e. The average Bonchev–Trinajstić information content (AvgIpc) is 2.06. The van der Waals surface area contributed by atoms with Crippen LogP contribution in [0.1, 0.15) is 38.5 Å². The van der Waals surface area contributed by atoms with Crippen molar-refractivity contribution in [2.75, 3.05) is 0 Å². The van der Waals surface area contributed by atoms with Crippen LogP contribution in [0.25, 0.3) is 0 Å². The normalized spacial score (nSPS) is 22.8. The van der Waals surface area contributed by atoms with E-state index in [4.69, 9.17) is 0 Å². The van der Waals surface area contributed by atoms with E-state index in [2.05, 4.69) is 6.58 Å². The molecular weight excluding hydrogens is 148 g/mol. The number of hydrogen-bond acceptors (Lipinski definition) is 1. The molecule has 0 unspecified atom stereocenters. The topological polar surface area (TPSA) is 20.2 Å². The van der Waals surface area contributed by atoms with E-state index in [9.17, 15) is 5.11 Å². The van der Waals surface area contributed by atoms with Gasteiger partial charge in [-0.05, 0) is 19.3 Å². The molecule has 0 spiro atoms. The van der Waals surface area contributed by atoms with Crippen molar-refractivity contribution in [1.82, 2.24) is 0 Å². The van der Waals surface area contributed by atoms with Gasteiger partial charge >= 0.3 is 0 Å². The second-order valence-electron chi connectivity index (χ2n) is 3.59. The molecule has 0 aromatic carbocycles. The lowest BCUT2D eigenvalue weighted by Crippen LogP contribution is -2.28. The van der Waals surface area contributed by atoms with E-state index in [1.807, 2.05) is 18.2 Å². The Morgan fingerprint density at radius 1 is 1.25 bits per heavy atom. The lowest BCUT2D eigenvalue weighted by atomic mass is 9.84. The zero-order valence-corrected chi connectivity index (χ0v) is 7.63. The van der Waals surface area contributed by atoms with Gasteiger partial charge in [-0.3, -0.25) is 0 Å². The average molecular weight is 166 g/mol. The van der Waals surface area contributed by atoms with Crippen molar-refractivity contribution in [3.8, 4) is 0 Å². The summed E-state index contributed by atoms with van der Waals surface area (Å²) in [6.45, 7) is 3.63. The molecule has 1 aliphatic carbocycles. The third-order valence-corrected chi connectivity index (χ3v) is 2.45. The van der Waals surface area contributed by atoms with Crippen LogP contribution in [0.15, 0.2) is 24.8 Å². The highest BCUT2D eigenvalue weighted by Crippen LogP contribution is 2.29. The molecule has 0 aromatic heterocycles. The SMILES string of the molecule is C=CC/C=C/C1(O)CCCCC1. The zero-order valence-electron chi connectivity index (χ0n) is 7.63. The van der Waals surface area contributed by atoms with Gasteiger partial charge in [0.1, 0.15) is 0 Å². The Hall–Kier alpha value is -0.560. The largest absolute Gasteiger partial charge is 0.386 e. The van der Waals surface area contributed by atoms with Gasteiger partial charge in [-0.1, -0.05) is 37.5 Å². The fraction of sp³-hybridized carbons (Fsp3) is 0.636. The molecule has 0 radical (unpaired) electrons. The maximum Gasteiger partial charge on any atom is 0.0827 e. The quantitative estimate of drug-likeness (QED) is 0.639. The number of rotatable bonds is 3. The van der Waals surface area contributed by atoms with Crippen LogP contribution < -0.4 is 0 Å². The molecule has 1 saturated carbocycles. The molecule has 1 fully saturated rings. The van der Waals surface area contributed by atoms with E-state index in [1.54, 1.807) is 0 Å². The second kappa shape index (κ2) is 4.46. The zero-order chi connectivity index (χ0) is 8.86. The molecule has 0 aliphatic heterocycles. The second-order valence-corrected chi connectivity index (χ2v) is 3.59. The summed E-state index contributed by atoms with van der Waals surface area (Å²) in [5.41, 5.74) is -0.499. The number of allylic oxidation sites excluding steroid dienone is 2. The number of aliphatic hydroxyl groups is 1. The molecule has 68 valence electrons. The highest BCUT2D eigenvalue weighted by molar-refractivity contribution is 5.03. The molecule has 0 saturated heterocycles. The monoisotopic (exact) mass is 166 g/mol. The van der Waals surface area contributed by atoms with Gasteiger partial charge in [-0.2, -0.15) is 0 Å². The molecule has 1 aliphatic rings. The Labute approximate surface area is 74.8 Å². The van der Waals surface area contributed by atoms with Gasteiger partial charge in [-0.25, -0.2) is 0 Å². The molecule has 0 aromatic rings. The van der Waals surface area contributed by atoms with E-state index < -0.39 is 5.60 Å². The third kappa shape index (κ3) is 2.82. The first-order valence-corrected chi connectivity index (χ1v) is 4.78. The molecule has 1 nitrogen and oxygen atoms in total. The van der Waals surface area contributed by atoms with Crippen molar-refractivity contribution in [2.45, 2.75) is 44.1 Å². The van der Waals surface area contributed by atoms with E-state index in [0.717, 1.165) is 32.1 Å². The first-order chi connectivity index (χ1) is 5.77. The summed E-state index contributed by atoms with van der Waals surface area (Å²) in [5, 5.41) is 9.98. The molecule has 0 bridgehead atoms. The predicted octanol–water partition coefficient (Wildman–Crippen LogP) is 2.81. The Kier molecular flexibility index (Phi) is 3.54. The van der Waals surface area contributed by atoms with Crippen LogP contribution >= 0.6 is 0 Å². The van der Waals surface area contributed by atoms with Gasteiger partial charge in [-0.15, -0.1) is 6.58 Å².